The van der Waals surface area contributed by atoms with Gasteiger partial charge in [-0.25, -0.2) is 4.68 Å². The van der Waals surface area contributed by atoms with Crippen LogP contribution in [0.1, 0.15) is 39.7 Å². The van der Waals surface area contributed by atoms with Crippen molar-refractivity contribution < 1.29 is 4.79 Å². The number of benzene rings is 1. The molecule has 124 valence electrons. The van der Waals surface area contributed by atoms with Gasteiger partial charge in [-0.15, -0.1) is 5.10 Å². The lowest BCUT2D eigenvalue weighted by atomic mass is 10.1. The summed E-state index contributed by atoms with van der Waals surface area (Å²) in [6, 6.07) is 9.88. The normalized spacial score (nSPS) is 12.9. The van der Waals surface area contributed by atoms with Gasteiger partial charge in [0.25, 0.3) is 0 Å². The number of thioether (sulfide) groups is 1. The molecule has 0 radical (unpaired) electrons. The third-order valence-electron chi connectivity index (χ3n) is 3.30. The molecule has 0 saturated carbocycles. The maximum absolute atomic E-state index is 12.4. The van der Waals surface area contributed by atoms with Crippen LogP contribution in [0.3, 0.4) is 0 Å². The highest BCUT2D eigenvalue weighted by Gasteiger charge is 2.25. The molecule has 2 rings (SSSR count). The lowest BCUT2D eigenvalue weighted by Crippen LogP contribution is -2.32. The first-order valence-electron chi connectivity index (χ1n) is 7.69. The molecule has 0 aliphatic rings. The van der Waals surface area contributed by atoms with Gasteiger partial charge < -0.3 is 5.32 Å². The molecule has 7 heteroatoms. The number of aromatic nitrogens is 4. The number of hydrogen-bond acceptors (Lipinski definition) is 5. The summed E-state index contributed by atoms with van der Waals surface area (Å²) in [4.78, 5) is 12.4. The molecule has 1 atom stereocenters. The maximum Gasteiger partial charge on any atom is 0.233 e. The van der Waals surface area contributed by atoms with Crippen molar-refractivity contribution in [3.05, 3.63) is 35.9 Å². The van der Waals surface area contributed by atoms with E-state index in [9.17, 15) is 4.79 Å². The molecule has 1 heterocycles. The first kappa shape index (κ1) is 17.5. The Bertz CT molecular complexity index is 635. The molecule has 2 aromatic rings. The van der Waals surface area contributed by atoms with Gasteiger partial charge in [0, 0.05) is 6.54 Å². The van der Waals surface area contributed by atoms with Crippen molar-refractivity contribution in [2.45, 2.75) is 56.6 Å². The molecule has 23 heavy (non-hydrogen) atoms. The number of amides is 1. The van der Waals surface area contributed by atoms with E-state index in [2.05, 4.69) is 20.8 Å². The smallest absolute Gasteiger partial charge is 0.233 e. The van der Waals surface area contributed by atoms with Crippen LogP contribution in [-0.4, -0.2) is 31.4 Å². The highest BCUT2D eigenvalue weighted by molar-refractivity contribution is 8.00. The van der Waals surface area contributed by atoms with Crippen molar-refractivity contribution in [1.29, 1.82) is 0 Å². The number of tetrazole rings is 1. The van der Waals surface area contributed by atoms with Gasteiger partial charge in [0.15, 0.2) is 0 Å². The summed E-state index contributed by atoms with van der Waals surface area (Å²) in [5.74, 6) is 0.00446. The third kappa shape index (κ3) is 4.79. The Morgan fingerprint density at radius 3 is 2.61 bits per heavy atom. The summed E-state index contributed by atoms with van der Waals surface area (Å²) in [6.45, 7) is 8.61. The average Bonchev–Trinajstić information content (AvgIpc) is 2.99. The van der Waals surface area contributed by atoms with E-state index in [1.165, 1.54) is 11.8 Å². The van der Waals surface area contributed by atoms with Gasteiger partial charge in [0.1, 0.15) is 0 Å². The molecular formula is C16H23N5OS. The summed E-state index contributed by atoms with van der Waals surface area (Å²) >= 11 is 1.41. The number of nitrogens with one attached hydrogen (secondary N) is 1. The molecule has 6 nitrogen and oxygen atoms in total. The predicted molar refractivity (Wildman–Crippen MR) is 91.0 cm³/mol. The van der Waals surface area contributed by atoms with E-state index in [0.29, 0.717) is 18.1 Å². The summed E-state index contributed by atoms with van der Waals surface area (Å²) in [6.07, 6.45) is 0.711. The van der Waals surface area contributed by atoms with Crippen molar-refractivity contribution >= 4 is 17.7 Å². The van der Waals surface area contributed by atoms with E-state index in [1.807, 2.05) is 58.0 Å². The van der Waals surface area contributed by atoms with Gasteiger partial charge in [-0.1, -0.05) is 49.0 Å². The Balaban J connectivity index is 2.00. The zero-order valence-electron chi connectivity index (χ0n) is 14.0. The summed E-state index contributed by atoms with van der Waals surface area (Å²) < 4.78 is 1.75. The minimum Gasteiger partial charge on any atom is -0.351 e. The van der Waals surface area contributed by atoms with Crippen LogP contribution in [0.25, 0.3) is 0 Å². The quantitative estimate of drug-likeness (QED) is 0.823. The number of carbonyl (C=O) groups is 1. The second kappa shape index (κ2) is 7.59. The van der Waals surface area contributed by atoms with Crippen LogP contribution >= 0.6 is 11.8 Å². The Hall–Kier alpha value is -1.89. The molecule has 1 aromatic carbocycles. The van der Waals surface area contributed by atoms with Crippen molar-refractivity contribution in [1.82, 2.24) is 25.5 Å². The monoisotopic (exact) mass is 333 g/mol. The summed E-state index contributed by atoms with van der Waals surface area (Å²) in [7, 11) is 0. The van der Waals surface area contributed by atoms with E-state index in [1.54, 1.807) is 4.68 Å². The molecule has 1 unspecified atom stereocenters. The molecule has 0 aliphatic heterocycles. The molecule has 1 N–H and O–H groups in total. The van der Waals surface area contributed by atoms with Crippen LogP contribution < -0.4 is 5.32 Å². The molecule has 0 saturated heterocycles. The summed E-state index contributed by atoms with van der Waals surface area (Å²) in [5, 5.41) is 15.3. The molecule has 0 aliphatic carbocycles. The SMILES string of the molecule is CCC(Sc1nnnn1C(C)(C)C)C(=O)NCc1ccccc1. The average molecular weight is 333 g/mol. The van der Waals surface area contributed by atoms with E-state index >= 15 is 0 Å². The fourth-order valence-electron chi connectivity index (χ4n) is 2.02. The Labute approximate surface area is 141 Å². The van der Waals surface area contributed by atoms with Crippen LogP contribution in [0, 0.1) is 0 Å². The standard InChI is InChI=1S/C16H23N5OS/c1-5-13(14(22)17-11-12-9-7-6-8-10-12)23-15-18-19-20-21(15)16(2,3)4/h6-10,13H,5,11H2,1-4H3,(H,17,22). The van der Waals surface area contributed by atoms with Crippen molar-refractivity contribution in [3.63, 3.8) is 0 Å². The predicted octanol–water partition coefficient (Wildman–Crippen LogP) is 2.62. The van der Waals surface area contributed by atoms with E-state index in [4.69, 9.17) is 0 Å². The topological polar surface area (TPSA) is 72.7 Å². The Kier molecular flexibility index (Phi) is 5.76. The number of rotatable bonds is 6. The van der Waals surface area contributed by atoms with Crippen LogP contribution in [0.4, 0.5) is 0 Å². The first-order chi connectivity index (χ1) is 10.9. The van der Waals surface area contributed by atoms with E-state index < -0.39 is 0 Å². The van der Waals surface area contributed by atoms with Gasteiger partial charge in [-0.05, 0) is 43.2 Å². The zero-order chi connectivity index (χ0) is 16.9. The van der Waals surface area contributed by atoms with Gasteiger partial charge in [-0.3, -0.25) is 4.79 Å². The lowest BCUT2D eigenvalue weighted by molar-refractivity contribution is -0.120. The Morgan fingerprint density at radius 2 is 2.00 bits per heavy atom. The molecule has 0 fully saturated rings. The first-order valence-corrected chi connectivity index (χ1v) is 8.57. The minimum atomic E-state index is -0.218. The third-order valence-corrected chi connectivity index (χ3v) is 4.59. The molecule has 1 amide bonds. The summed E-state index contributed by atoms with van der Waals surface area (Å²) in [5.41, 5.74) is 0.866. The number of nitrogens with zero attached hydrogens (tertiary/aromatic N) is 4. The van der Waals surface area contributed by atoms with Gasteiger partial charge in [0.05, 0.1) is 10.8 Å². The van der Waals surface area contributed by atoms with Gasteiger partial charge in [0.2, 0.25) is 11.1 Å². The van der Waals surface area contributed by atoms with E-state index in [-0.39, 0.29) is 16.7 Å². The van der Waals surface area contributed by atoms with Crippen LogP contribution in [-0.2, 0) is 16.9 Å². The van der Waals surface area contributed by atoms with Crippen LogP contribution in [0.2, 0.25) is 0 Å². The minimum absolute atomic E-state index is 0.00446. The zero-order valence-corrected chi connectivity index (χ0v) is 14.8. The molecule has 0 spiro atoms. The number of carbonyl (C=O) groups excluding carboxylic acids is 1. The van der Waals surface area contributed by atoms with Gasteiger partial charge >= 0.3 is 0 Å². The van der Waals surface area contributed by atoms with Crippen molar-refractivity contribution in [2.75, 3.05) is 0 Å². The second-order valence-corrected chi connectivity index (χ2v) is 7.43. The number of hydrogen-bond donors (Lipinski definition) is 1. The van der Waals surface area contributed by atoms with E-state index in [0.717, 1.165) is 5.56 Å². The highest BCUT2D eigenvalue weighted by Crippen LogP contribution is 2.26. The largest absolute Gasteiger partial charge is 0.351 e. The molecular weight excluding hydrogens is 310 g/mol. The highest BCUT2D eigenvalue weighted by atomic mass is 32.2. The lowest BCUT2D eigenvalue weighted by Gasteiger charge is -2.21. The van der Waals surface area contributed by atoms with Crippen molar-refractivity contribution in [3.8, 4) is 0 Å². The molecule has 0 bridgehead atoms. The maximum atomic E-state index is 12.4. The molecule has 1 aromatic heterocycles. The van der Waals surface area contributed by atoms with Crippen LogP contribution in [0.5, 0.6) is 0 Å². The fourth-order valence-corrected chi connectivity index (χ4v) is 3.13. The van der Waals surface area contributed by atoms with Crippen LogP contribution in [0.15, 0.2) is 35.5 Å². The second-order valence-electron chi connectivity index (χ2n) is 6.26. The fraction of sp³-hybridized carbons (Fsp3) is 0.500. The van der Waals surface area contributed by atoms with Gasteiger partial charge in [-0.2, -0.15) is 0 Å². The van der Waals surface area contributed by atoms with Crippen molar-refractivity contribution in [2.24, 2.45) is 0 Å². The Morgan fingerprint density at radius 1 is 1.30 bits per heavy atom.